The molecule has 0 saturated carbocycles. The minimum absolute atomic E-state index is 0.460. The van der Waals surface area contributed by atoms with Crippen LogP contribution in [0.25, 0.3) is 27.9 Å². The van der Waals surface area contributed by atoms with Crippen molar-refractivity contribution in [2.45, 2.75) is 25.9 Å². The number of anilines is 1. The fourth-order valence-corrected chi connectivity index (χ4v) is 6.00. The summed E-state index contributed by atoms with van der Waals surface area (Å²) in [6.45, 7) is 4.26. The van der Waals surface area contributed by atoms with E-state index in [4.69, 9.17) is 0 Å². The largest absolute Gasteiger partial charge is 0.364 e. The first kappa shape index (κ1) is 17.1. The number of para-hydroxylation sites is 4. The number of aromatic nitrogens is 2. The van der Waals surface area contributed by atoms with Gasteiger partial charge in [-0.2, -0.15) is 4.57 Å². The SMILES string of the molecule is CCN1c2ccccc2C2=C3C[n+]4c(n(-c5ccccc5)c5ccccc54)C3=CCC21. The van der Waals surface area contributed by atoms with Crippen LogP contribution in [0.1, 0.15) is 24.7 Å². The Morgan fingerprint density at radius 1 is 0.903 bits per heavy atom. The molecule has 0 N–H and O–H groups in total. The molecule has 7 rings (SSSR count). The summed E-state index contributed by atoms with van der Waals surface area (Å²) in [6.07, 6.45) is 3.56. The Bertz CT molecular complexity index is 1420. The fraction of sp³-hybridized carbons (Fsp3) is 0.179. The highest BCUT2D eigenvalue weighted by Gasteiger charge is 2.45. The summed E-state index contributed by atoms with van der Waals surface area (Å²) in [4.78, 5) is 2.59. The van der Waals surface area contributed by atoms with E-state index in [1.165, 1.54) is 44.9 Å². The Hall–Kier alpha value is -3.59. The van der Waals surface area contributed by atoms with Crippen molar-refractivity contribution in [1.29, 1.82) is 0 Å². The molecule has 0 radical (unpaired) electrons. The maximum Gasteiger partial charge on any atom is 0.295 e. The predicted octanol–water partition coefficient (Wildman–Crippen LogP) is 5.38. The molecule has 31 heavy (non-hydrogen) atoms. The van der Waals surface area contributed by atoms with Crippen LogP contribution in [0.2, 0.25) is 0 Å². The fourth-order valence-electron chi connectivity index (χ4n) is 6.00. The van der Waals surface area contributed by atoms with Crippen molar-refractivity contribution in [3.8, 4) is 5.69 Å². The van der Waals surface area contributed by atoms with Gasteiger partial charge in [-0.1, -0.05) is 54.6 Å². The molecule has 1 aliphatic carbocycles. The molecular formula is C28H24N3+. The Kier molecular flexibility index (Phi) is 3.43. The number of hydrogen-bond acceptors (Lipinski definition) is 1. The van der Waals surface area contributed by atoms with Crippen LogP contribution in [0.4, 0.5) is 5.69 Å². The lowest BCUT2D eigenvalue weighted by atomic mass is 9.86. The predicted molar refractivity (Wildman–Crippen MR) is 126 cm³/mol. The first-order valence-electron chi connectivity index (χ1n) is 11.3. The lowest BCUT2D eigenvalue weighted by molar-refractivity contribution is -0.658. The van der Waals surface area contributed by atoms with Gasteiger partial charge in [-0.15, -0.1) is 0 Å². The molecular weight excluding hydrogens is 378 g/mol. The van der Waals surface area contributed by atoms with E-state index >= 15 is 0 Å². The summed E-state index contributed by atoms with van der Waals surface area (Å²) in [5.74, 6) is 1.32. The van der Waals surface area contributed by atoms with Crippen LogP contribution in [0, 0.1) is 0 Å². The number of imidazole rings is 1. The van der Waals surface area contributed by atoms with Gasteiger partial charge in [0.1, 0.15) is 12.2 Å². The van der Waals surface area contributed by atoms with Crippen LogP contribution in [0.3, 0.4) is 0 Å². The van der Waals surface area contributed by atoms with Gasteiger partial charge in [0.15, 0.2) is 11.0 Å². The monoisotopic (exact) mass is 402 g/mol. The molecule has 3 aromatic carbocycles. The highest BCUT2D eigenvalue weighted by molar-refractivity contribution is 6.00. The summed E-state index contributed by atoms with van der Waals surface area (Å²) in [5, 5.41) is 0. The standard InChI is InChI=1S/C28H24N3/c1-2-29-23-13-7-6-12-21(23)27-22-18-30-24-14-8-9-15-25(24)31(19-10-4-3-5-11-19)28(30)20(22)16-17-26(27)29/h3-16,26H,2,17-18H2,1H3/q+1. The molecule has 0 spiro atoms. The van der Waals surface area contributed by atoms with Gasteiger partial charge in [0.05, 0.1) is 11.6 Å². The molecule has 1 unspecified atom stereocenters. The van der Waals surface area contributed by atoms with E-state index in [1.807, 2.05) is 0 Å². The van der Waals surface area contributed by atoms with Gasteiger partial charge in [0.2, 0.25) is 0 Å². The third-order valence-corrected chi connectivity index (χ3v) is 7.20. The molecule has 1 atom stereocenters. The Balaban J connectivity index is 1.52. The van der Waals surface area contributed by atoms with Gasteiger partial charge < -0.3 is 4.90 Å². The van der Waals surface area contributed by atoms with Crippen molar-refractivity contribution in [2.75, 3.05) is 11.4 Å². The van der Waals surface area contributed by atoms with Crippen LogP contribution in [0.15, 0.2) is 90.5 Å². The second-order valence-electron chi connectivity index (χ2n) is 8.63. The van der Waals surface area contributed by atoms with Crippen molar-refractivity contribution in [1.82, 2.24) is 4.57 Å². The van der Waals surface area contributed by atoms with E-state index in [9.17, 15) is 0 Å². The van der Waals surface area contributed by atoms with Crippen molar-refractivity contribution in [2.24, 2.45) is 0 Å². The zero-order valence-electron chi connectivity index (χ0n) is 17.6. The first-order chi connectivity index (χ1) is 15.4. The van der Waals surface area contributed by atoms with Gasteiger partial charge in [-0.25, -0.2) is 4.57 Å². The maximum absolute atomic E-state index is 2.59. The number of likely N-dealkylation sites (N-methyl/N-ethyl adjacent to an activating group) is 1. The highest BCUT2D eigenvalue weighted by atomic mass is 15.2. The molecule has 0 fully saturated rings. The van der Waals surface area contributed by atoms with Crippen molar-refractivity contribution < 1.29 is 4.57 Å². The number of rotatable bonds is 2. The zero-order chi connectivity index (χ0) is 20.5. The van der Waals surface area contributed by atoms with Crippen molar-refractivity contribution in [3.05, 3.63) is 102 Å². The molecule has 3 aliphatic rings. The Morgan fingerprint density at radius 2 is 1.68 bits per heavy atom. The second kappa shape index (κ2) is 6.21. The lowest BCUT2D eigenvalue weighted by Gasteiger charge is -2.28. The average molecular weight is 403 g/mol. The smallest absolute Gasteiger partial charge is 0.295 e. The third kappa shape index (κ3) is 2.16. The maximum atomic E-state index is 2.59. The number of fused-ring (bicyclic) bond motifs is 8. The minimum atomic E-state index is 0.460. The average Bonchev–Trinajstić information content (AvgIpc) is 3.46. The van der Waals surface area contributed by atoms with E-state index in [0.717, 1.165) is 19.5 Å². The summed E-state index contributed by atoms with van der Waals surface area (Å²) in [6, 6.07) is 29.0. The van der Waals surface area contributed by atoms with E-state index in [0.29, 0.717) is 6.04 Å². The molecule has 150 valence electrons. The van der Waals surface area contributed by atoms with Crippen molar-refractivity contribution in [3.63, 3.8) is 0 Å². The number of benzene rings is 3. The number of allylic oxidation sites excluding steroid dienone is 2. The van der Waals surface area contributed by atoms with E-state index in [-0.39, 0.29) is 0 Å². The van der Waals surface area contributed by atoms with Crippen LogP contribution < -0.4 is 9.47 Å². The van der Waals surface area contributed by atoms with Gasteiger partial charge in [-0.05, 0) is 49.2 Å². The summed E-state index contributed by atoms with van der Waals surface area (Å²) in [5.41, 5.74) is 11.1. The van der Waals surface area contributed by atoms with E-state index in [1.54, 1.807) is 5.57 Å². The first-order valence-corrected chi connectivity index (χ1v) is 11.3. The summed E-state index contributed by atoms with van der Waals surface area (Å²) in [7, 11) is 0. The molecule has 0 bridgehead atoms. The van der Waals surface area contributed by atoms with Gasteiger partial charge in [0.25, 0.3) is 5.82 Å². The van der Waals surface area contributed by atoms with Crippen LogP contribution in [-0.4, -0.2) is 17.2 Å². The lowest BCUT2D eigenvalue weighted by Crippen LogP contribution is -2.33. The van der Waals surface area contributed by atoms with Crippen LogP contribution >= 0.6 is 0 Å². The molecule has 2 aliphatic heterocycles. The zero-order valence-corrected chi connectivity index (χ0v) is 17.6. The topological polar surface area (TPSA) is 12.1 Å². The van der Waals surface area contributed by atoms with E-state index in [2.05, 4.69) is 106 Å². The van der Waals surface area contributed by atoms with Crippen molar-refractivity contribution >= 4 is 27.9 Å². The van der Waals surface area contributed by atoms with Crippen LogP contribution in [0.5, 0.6) is 0 Å². The molecule has 4 aromatic rings. The van der Waals surface area contributed by atoms with Crippen LogP contribution in [-0.2, 0) is 6.54 Å². The molecule has 3 heterocycles. The summed E-state index contributed by atoms with van der Waals surface area (Å²) < 4.78 is 4.98. The van der Waals surface area contributed by atoms with Gasteiger partial charge >= 0.3 is 0 Å². The number of nitrogens with zero attached hydrogens (tertiary/aromatic N) is 3. The summed E-state index contributed by atoms with van der Waals surface area (Å²) >= 11 is 0. The van der Waals surface area contributed by atoms with Gasteiger partial charge in [-0.3, -0.25) is 0 Å². The third-order valence-electron chi connectivity index (χ3n) is 7.20. The normalized spacial score (nSPS) is 18.7. The van der Waals surface area contributed by atoms with Gasteiger partial charge in [0, 0.05) is 23.4 Å². The highest BCUT2D eigenvalue weighted by Crippen LogP contribution is 2.50. The quantitative estimate of drug-likeness (QED) is 0.410. The molecule has 3 heteroatoms. The molecule has 1 aromatic heterocycles. The van der Waals surface area contributed by atoms with E-state index < -0.39 is 0 Å². The Labute approximate surface area is 182 Å². The molecule has 0 amide bonds. The Morgan fingerprint density at radius 3 is 2.55 bits per heavy atom. The number of hydrogen-bond donors (Lipinski definition) is 0. The second-order valence-corrected chi connectivity index (χ2v) is 8.63. The molecule has 0 saturated heterocycles. The minimum Gasteiger partial charge on any atom is -0.364 e. The molecule has 3 nitrogen and oxygen atoms in total.